The van der Waals surface area contributed by atoms with Crippen LogP contribution in [0, 0.1) is 0 Å². The van der Waals surface area contributed by atoms with E-state index in [1.807, 2.05) is 6.92 Å². The summed E-state index contributed by atoms with van der Waals surface area (Å²) in [6.45, 7) is 7.72. The molecule has 1 heterocycles. The molecule has 0 bridgehead atoms. The molecule has 0 fully saturated rings. The molecule has 0 radical (unpaired) electrons. The zero-order chi connectivity index (χ0) is 15.4. The Morgan fingerprint density at radius 1 is 1.33 bits per heavy atom. The van der Waals surface area contributed by atoms with Crippen LogP contribution in [-0.2, 0) is 6.54 Å². The van der Waals surface area contributed by atoms with E-state index in [-0.39, 0.29) is 11.6 Å². The minimum Gasteiger partial charge on any atom is -0.307 e. The van der Waals surface area contributed by atoms with E-state index < -0.39 is 0 Å². The molecule has 0 saturated carbocycles. The number of hydrogen-bond acceptors (Lipinski definition) is 3. The van der Waals surface area contributed by atoms with Crippen molar-refractivity contribution < 1.29 is 0 Å². The maximum Gasteiger partial charge on any atom is 0.261 e. The molecule has 1 aromatic carbocycles. The van der Waals surface area contributed by atoms with Crippen molar-refractivity contribution in [2.75, 3.05) is 6.54 Å². The van der Waals surface area contributed by atoms with Crippen LogP contribution in [0.3, 0.4) is 0 Å². The van der Waals surface area contributed by atoms with Gasteiger partial charge in [-0.1, -0.05) is 25.4 Å². The minimum absolute atomic E-state index is 0.00548. The highest BCUT2D eigenvalue weighted by Crippen LogP contribution is 2.19. The number of rotatable bonds is 6. The van der Waals surface area contributed by atoms with Crippen LogP contribution in [-0.4, -0.2) is 16.1 Å². The minimum atomic E-state index is 0.00548. The first-order valence-electron chi connectivity index (χ1n) is 7.55. The number of nitrogens with zero attached hydrogens (tertiary/aromatic N) is 2. The third kappa shape index (κ3) is 3.27. The smallest absolute Gasteiger partial charge is 0.261 e. The van der Waals surface area contributed by atoms with E-state index in [9.17, 15) is 4.79 Å². The summed E-state index contributed by atoms with van der Waals surface area (Å²) in [6, 6.07) is 5.33. The van der Waals surface area contributed by atoms with Gasteiger partial charge in [-0.25, -0.2) is 4.98 Å². The van der Waals surface area contributed by atoms with E-state index in [1.54, 1.807) is 22.8 Å². The lowest BCUT2D eigenvalue weighted by molar-refractivity contribution is 0.464. The number of halogens is 1. The third-order valence-electron chi connectivity index (χ3n) is 3.62. The maximum atomic E-state index is 12.6. The van der Waals surface area contributed by atoms with Gasteiger partial charge in [-0.15, -0.1) is 0 Å². The number of hydrogen-bond donors (Lipinski definition) is 1. The fraction of sp³-hybridized carbons (Fsp3) is 0.500. The van der Waals surface area contributed by atoms with Gasteiger partial charge < -0.3 is 5.32 Å². The van der Waals surface area contributed by atoms with Gasteiger partial charge in [0.25, 0.3) is 5.56 Å². The first kappa shape index (κ1) is 16.0. The van der Waals surface area contributed by atoms with Gasteiger partial charge in [0.15, 0.2) is 0 Å². The van der Waals surface area contributed by atoms with E-state index >= 15 is 0 Å². The van der Waals surface area contributed by atoms with Crippen LogP contribution in [0.25, 0.3) is 10.9 Å². The highest BCUT2D eigenvalue weighted by molar-refractivity contribution is 6.31. The number of fused-ring (bicyclic) bond motifs is 1. The van der Waals surface area contributed by atoms with Crippen LogP contribution in [0.5, 0.6) is 0 Å². The summed E-state index contributed by atoms with van der Waals surface area (Å²) in [4.78, 5) is 17.3. The average Bonchev–Trinajstić information content (AvgIpc) is 2.48. The lowest BCUT2D eigenvalue weighted by Crippen LogP contribution is -2.32. The van der Waals surface area contributed by atoms with Crippen LogP contribution >= 0.6 is 11.6 Å². The van der Waals surface area contributed by atoms with Gasteiger partial charge in [-0.3, -0.25) is 9.36 Å². The SMILES string of the molecule is CCCN[C@@H](CC)c1nc2cc(Cl)ccc2c(=O)n1CC. The third-order valence-corrected chi connectivity index (χ3v) is 3.86. The quantitative estimate of drug-likeness (QED) is 0.888. The summed E-state index contributed by atoms with van der Waals surface area (Å²) >= 11 is 6.03. The van der Waals surface area contributed by atoms with Crippen molar-refractivity contribution in [1.29, 1.82) is 0 Å². The lowest BCUT2D eigenvalue weighted by Gasteiger charge is -2.20. The molecule has 1 aromatic heterocycles. The Hall–Kier alpha value is -1.39. The van der Waals surface area contributed by atoms with Gasteiger partial charge in [-0.2, -0.15) is 0 Å². The van der Waals surface area contributed by atoms with E-state index in [2.05, 4.69) is 19.2 Å². The predicted molar refractivity (Wildman–Crippen MR) is 88.0 cm³/mol. The van der Waals surface area contributed by atoms with Crippen LogP contribution < -0.4 is 10.9 Å². The average molecular weight is 308 g/mol. The Morgan fingerprint density at radius 3 is 2.71 bits per heavy atom. The lowest BCUT2D eigenvalue weighted by atomic mass is 10.1. The predicted octanol–water partition coefficient (Wildman–Crippen LogP) is 3.52. The second-order valence-corrected chi connectivity index (χ2v) is 5.53. The molecule has 0 aliphatic heterocycles. The van der Waals surface area contributed by atoms with Gasteiger partial charge in [0.2, 0.25) is 0 Å². The highest BCUT2D eigenvalue weighted by Gasteiger charge is 2.17. The molecule has 1 N–H and O–H groups in total. The van der Waals surface area contributed by atoms with E-state index in [0.717, 1.165) is 25.2 Å². The summed E-state index contributed by atoms with van der Waals surface area (Å²) in [7, 11) is 0. The largest absolute Gasteiger partial charge is 0.307 e. The van der Waals surface area contributed by atoms with Crippen molar-refractivity contribution >= 4 is 22.5 Å². The first-order valence-corrected chi connectivity index (χ1v) is 7.93. The molecule has 0 aliphatic rings. The normalized spacial score (nSPS) is 12.8. The van der Waals surface area contributed by atoms with E-state index in [1.165, 1.54) is 0 Å². The van der Waals surface area contributed by atoms with E-state index in [4.69, 9.17) is 16.6 Å². The molecule has 5 heteroatoms. The van der Waals surface area contributed by atoms with Crippen molar-refractivity contribution in [1.82, 2.24) is 14.9 Å². The van der Waals surface area contributed by atoms with Crippen molar-refractivity contribution in [2.45, 2.75) is 46.2 Å². The first-order chi connectivity index (χ1) is 10.1. The molecule has 0 saturated heterocycles. The van der Waals surface area contributed by atoms with Crippen LogP contribution in [0.1, 0.15) is 45.5 Å². The molecule has 4 nitrogen and oxygen atoms in total. The molecular formula is C16H22ClN3O. The van der Waals surface area contributed by atoms with Crippen molar-refractivity contribution in [3.63, 3.8) is 0 Å². The van der Waals surface area contributed by atoms with Crippen molar-refractivity contribution in [2.24, 2.45) is 0 Å². The maximum absolute atomic E-state index is 12.6. The molecule has 21 heavy (non-hydrogen) atoms. The molecular weight excluding hydrogens is 286 g/mol. The Kier molecular flexibility index (Phi) is 5.37. The summed E-state index contributed by atoms with van der Waals surface area (Å²) in [6.07, 6.45) is 1.94. The second-order valence-electron chi connectivity index (χ2n) is 5.10. The van der Waals surface area contributed by atoms with E-state index in [0.29, 0.717) is 22.5 Å². The standard InChI is InChI=1S/C16H22ClN3O/c1-4-9-18-13(5-2)15-19-14-10-11(17)7-8-12(14)16(21)20(15)6-3/h7-8,10,13,18H,4-6,9H2,1-3H3/t13-/m0/s1. The Balaban J connectivity index is 2.63. The van der Waals surface area contributed by atoms with Gasteiger partial charge >= 0.3 is 0 Å². The van der Waals surface area contributed by atoms with Gasteiger partial charge in [0.1, 0.15) is 5.82 Å². The molecule has 1 atom stereocenters. The second kappa shape index (κ2) is 7.05. The van der Waals surface area contributed by atoms with Crippen LogP contribution in [0.4, 0.5) is 0 Å². The summed E-state index contributed by atoms with van der Waals surface area (Å²) < 4.78 is 1.76. The van der Waals surface area contributed by atoms with Gasteiger partial charge in [-0.05, 0) is 44.5 Å². The molecule has 0 aliphatic carbocycles. The topological polar surface area (TPSA) is 46.9 Å². The van der Waals surface area contributed by atoms with Gasteiger partial charge in [0, 0.05) is 11.6 Å². The van der Waals surface area contributed by atoms with Crippen LogP contribution in [0.15, 0.2) is 23.0 Å². The zero-order valence-corrected chi connectivity index (χ0v) is 13.6. The monoisotopic (exact) mass is 307 g/mol. The summed E-state index contributed by atoms with van der Waals surface area (Å²) in [5, 5.41) is 4.68. The van der Waals surface area contributed by atoms with Crippen molar-refractivity contribution in [3.8, 4) is 0 Å². The Labute approximate surface area is 130 Å². The summed E-state index contributed by atoms with van der Waals surface area (Å²) in [5.41, 5.74) is 0.676. The Bertz CT molecular complexity index is 681. The highest BCUT2D eigenvalue weighted by atomic mass is 35.5. The molecule has 0 spiro atoms. The fourth-order valence-electron chi connectivity index (χ4n) is 2.52. The van der Waals surface area contributed by atoms with Crippen LogP contribution in [0.2, 0.25) is 5.02 Å². The number of nitrogens with one attached hydrogen (secondary N) is 1. The molecule has 2 rings (SSSR count). The zero-order valence-electron chi connectivity index (χ0n) is 12.8. The summed E-state index contributed by atoms with van der Waals surface area (Å²) in [5.74, 6) is 0.799. The molecule has 0 unspecified atom stereocenters. The fourth-order valence-corrected chi connectivity index (χ4v) is 2.69. The number of aromatic nitrogens is 2. The molecule has 2 aromatic rings. The van der Waals surface area contributed by atoms with Gasteiger partial charge in [0.05, 0.1) is 16.9 Å². The van der Waals surface area contributed by atoms with Crippen molar-refractivity contribution in [3.05, 3.63) is 39.4 Å². The number of benzene rings is 1. The molecule has 114 valence electrons. The Morgan fingerprint density at radius 2 is 2.10 bits per heavy atom. The molecule has 0 amide bonds.